The Kier molecular flexibility index (Phi) is 6.74. The summed E-state index contributed by atoms with van der Waals surface area (Å²) in [6, 6.07) is 17.5. The number of ether oxygens (including phenoxy) is 4. The van der Waals surface area contributed by atoms with Crippen molar-refractivity contribution in [2.45, 2.75) is 12.8 Å². The Balaban J connectivity index is 1.71. The van der Waals surface area contributed by atoms with E-state index in [1.165, 1.54) is 43.5 Å². The topological polar surface area (TPSA) is 147 Å². The van der Waals surface area contributed by atoms with E-state index in [9.17, 15) is 20.2 Å². The van der Waals surface area contributed by atoms with Crippen molar-refractivity contribution in [3.05, 3.63) is 98.9 Å². The van der Waals surface area contributed by atoms with Crippen molar-refractivity contribution in [2.24, 2.45) is 5.73 Å². The fourth-order valence-corrected chi connectivity index (χ4v) is 3.95. The minimum atomic E-state index is -0.896. The number of esters is 1. The molecule has 1 aliphatic heterocycles. The number of nitrogens with two attached hydrogens (primary N) is 1. The molecular weight excluding hydrogens is 466 g/mol. The van der Waals surface area contributed by atoms with Crippen LogP contribution in [0.3, 0.4) is 0 Å². The molecular formula is C26H21N3O7. The minimum Gasteiger partial charge on any atom is -0.493 e. The quantitative estimate of drug-likeness (QED) is 0.221. The third kappa shape index (κ3) is 4.50. The van der Waals surface area contributed by atoms with E-state index in [0.29, 0.717) is 29.2 Å². The molecule has 36 heavy (non-hydrogen) atoms. The van der Waals surface area contributed by atoms with E-state index in [1.54, 1.807) is 24.3 Å². The number of para-hydroxylation sites is 1. The third-order valence-electron chi connectivity index (χ3n) is 5.54. The Hall–Kier alpha value is -5.04. The molecule has 0 aromatic heterocycles. The van der Waals surface area contributed by atoms with Crippen molar-refractivity contribution in [3.8, 4) is 29.1 Å². The molecule has 3 aromatic rings. The van der Waals surface area contributed by atoms with Gasteiger partial charge in [-0.3, -0.25) is 10.1 Å². The van der Waals surface area contributed by atoms with Gasteiger partial charge in [-0.05, 0) is 36.8 Å². The van der Waals surface area contributed by atoms with E-state index >= 15 is 0 Å². The molecule has 0 saturated carbocycles. The monoisotopic (exact) mass is 487 g/mol. The normalized spacial score (nSPS) is 14.2. The molecule has 0 spiro atoms. The molecule has 4 rings (SSSR count). The van der Waals surface area contributed by atoms with Gasteiger partial charge in [0.1, 0.15) is 28.7 Å². The van der Waals surface area contributed by atoms with Crippen LogP contribution in [0.25, 0.3) is 0 Å². The molecule has 1 atom stereocenters. The van der Waals surface area contributed by atoms with Gasteiger partial charge in [-0.2, -0.15) is 5.26 Å². The molecule has 10 heteroatoms. The van der Waals surface area contributed by atoms with Crippen molar-refractivity contribution in [2.75, 3.05) is 13.7 Å². The van der Waals surface area contributed by atoms with Gasteiger partial charge >= 0.3 is 5.97 Å². The average Bonchev–Trinajstić information content (AvgIpc) is 2.88. The average molecular weight is 487 g/mol. The number of hydrogen-bond donors (Lipinski definition) is 1. The molecule has 1 aliphatic rings. The zero-order valence-electron chi connectivity index (χ0n) is 19.4. The first-order valence-corrected chi connectivity index (χ1v) is 10.9. The van der Waals surface area contributed by atoms with E-state index in [1.807, 2.05) is 6.92 Å². The summed E-state index contributed by atoms with van der Waals surface area (Å²) in [5.41, 5.74) is 7.04. The maximum atomic E-state index is 12.6. The number of benzene rings is 3. The van der Waals surface area contributed by atoms with Crippen LogP contribution in [0.5, 0.6) is 23.0 Å². The van der Waals surface area contributed by atoms with E-state index in [-0.39, 0.29) is 34.2 Å². The Morgan fingerprint density at radius 3 is 2.64 bits per heavy atom. The number of allylic oxidation sites excluding steroid dienone is 1. The van der Waals surface area contributed by atoms with Crippen molar-refractivity contribution in [3.63, 3.8) is 0 Å². The number of hydrogen-bond acceptors (Lipinski definition) is 9. The molecule has 10 nitrogen and oxygen atoms in total. The highest BCUT2D eigenvalue weighted by atomic mass is 16.6. The number of fused-ring (bicyclic) bond motifs is 1. The number of carbonyl (C=O) groups excluding carboxylic acids is 1. The Labute approximate surface area is 206 Å². The first kappa shape index (κ1) is 24.1. The minimum absolute atomic E-state index is 0.0909. The number of nitrogens with zero attached hydrogens (tertiary/aromatic N) is 2. The van der Waals surface area contributed by atoms with Crippen LogP contribution in [0.15, 0.2) is 72.1 Å². The largest absolute Gasteiger partial charge is 0.493 e. The fraction of sp³-hybridized carbons (Fsp3) is 0.154. The summed E-state index contributed by atoms with van der Waals surface area (Å²) in [4.78, 5) is 23.2. The van der Waals surface area contributed by atoms with Crippen LogP contribution < -0.4 is 24.7 Å². The summed E-state index contributed by atoms with van der Waals surface area (Å²) in [6.45, 7) is 2.32. The molecule has 0 saturated heterocycles. The first-order chi connectivity index (χ1) is 17.4. The Bertz CT molecular complexity index is 1430. The molecule has 3 aromatic carbocycles. The van der Waals surface area contributed by atoms with E-state index in [4.69, 9.17) is 24.7 Å². The smallest absolute Gasteiger partial charge is 0.350 e. The summed E-state index contributed by atoms with van der Waals surface area (Å²) in [5, 5.41) is 21.1. The second-order valence-corrected chi connectivity index (χ2v) is 7.63. The number of nitro benzene ring substituents is 1. The maximum absolute atomic E-state index is 12.6. The highest BCUT2D eigenvalue weighted by Gasteiger charge is 2.32. The van der Waals surface area contributed by atoms with Gasteiger partial charge in [0.05, 0.1) is 24.6 Å². The molecule has 2 N–H and O–H groups in total. The lowest BCUT2D eigenvalue weighted by molar-refractivity contribution is -0.385. The molecule has 0 radical (unpaired) electrons. The Morgan fingerprint density at radius 2 is 1.94 bits per heavy atom. The summed E-state index contributed by atoms with van der Waals surface area (Å²) in [6.07, 6.45) is 0. The van der Waals surface area contributed by atoms with Crippen LogP contribution in [0.1, 0.15) is 34.3 Å². The summed E-state index contributed by atoms with van der Waals surface area (Å²) in [7, 11) is 1.52. The molecule has 0 fully saturated rings. The van der Waals surface area contributed by atoms with Crippen LogP contribution >= 0.6 is 0 Å². The summed E-state index contributed by atoms with van der Waals surface area (Å²) in [5.74, 6) is -0.150. The van der Waals surface area contributed by atoms with Gasteiger partial charge in [-0.15, -0.1) is 0 Å². The zero-order chi connectivity index (χ0) is 25.8. The lowest BCUT2D eigenvalue weighted by Gasteiger charge is -2.27. The second-order valence-electron chi connectivity index (χ2n) is 7.63. The van der Waals surface area contributed by atoms with Gasteiger partial charge in [0.15, 0.2) is 11.5 Å². The predicted octanol–water partition coefficient (Wildman–Crippen LogP) is 4.44. The van der Waals surface area contributed by atoms with Crippen LogP contribution in [0.2, 0.25) is 0 Å². The zero-order valence-corrected chi connectivity index (χ0v) is 19.4. The SMILES string of the molecule is CCOc1ccc(C2C(C#N)=C(N)Oc3cc(OC(=O)c4ccccc4[N+](=O)[O-])ccc32)cc1OC. The highest BCUT2D eigenvalue weighted by Crippen LogP contribution is 2.45. The van der Waals surface area contributed by atoms with Gasteiger partial charge in [-0.25, -0.2) is 4.79 Å². The van der Waals surface area contributed by atoms with E-state index in [2.05, 4.69) is 6.07 Å². The number of nitro groups is 1. The predicted molar refractivity (Wildman–Crippen MR) is 128 cm³/mol. The van der Waals surface area contributed by atoms with E-state index < -0.39 is 16.8 Å². The molecule has 0 aliphatic carbocycles. The number of nitriles is 1. The molecule has 1 heterocycles. The third-order valence-corrected chi connectivity index (χ3v) is 5.54. The lowest BCUT2D eigenvalue weighted by Crippen LogP contribution is -2.21. The van der Waals surface area contributed by atoms with Crippen molar-refractivity contribution in [1.82, 2.24) is 0 Å². The lowest BCUT2D eigenvalue weighted by atomic mass is 9.83. The first-order valence-electron chi connectivity index (χ1n) is 10.9. The standard InChI is InChI=1S/C26H21N3O7/c1-3-34-21-11-8-15(12-23(21)33-2)24-18-10-9-16(13-22(18)36-25(28)19(24)14-27)35-26(30)17-6-4-5-7-20(17)29(31)32/h4-13,24H,3,28H2,1-2H3. The van der Waals surface area contributed by atoms with Crippen LogP contribution in [0, 0.1) is 21.4 Å². The van der Waals surface area contributed by atoms with Crippen LogP contribution in [0.4, 0.5) is 5.69 Å². The summed E-state index contributed by atoms with van der Waals surface area (Å²) >= 11 is 0. The van der Waals surface area contributed by atoms with Crippen LogP contribution in [-0.4, -0.2) is 24.6 Å². The Morgan fingerprint density at radius 1 is 1.17 bits per heavy atom. The van der Waals surface area contributed by atoms with Gasteiger partial charge in [0, 0.05) is 17.7 Å². The van der Waals surface area contributed by atoms with Gasteiger partial charge in [-0.1, -0.05) is 24.3 Å². The van der Waals surface area contributed by atoms with E-state index in [0.717, 1.165) is 0 Å². The molecule has 1 unspecified atom stereocenters. The van der Waals surface area contributed by atoms with Crippen LogP contribution in [-0.2, 0) is 0 Å². The van der Waals surface area contributed by atoms with Gasteiger partial charge < -0.3 is 24.7 Å². The summed E-state index contributed by atoms with van der Waals surface area (Å²) < 4.78 is 22.1. The maximum Gasteiger partial charge on any atom is 0.350 e. The number of rotatable bonds is 7. The van der Waals surface area contributed by atoms with Gasteiger partial charge in [0.2, 0.25) is 5.88 Å². The van der Waals surface area contributed by atoms with Crippen molar-refractivity contribution in [1.29, 1.82) is 5.26 Å². The molecule has 0 bridgehead atoms. The van der Waals surface area contributed by atoms with Crippen molar-refractivity contribution >= 4 is 11.7 Å². The van der Waals surface area contributed by atoms with Crippen molar-refractivity contribution < 1.29 is 28.7 Å². The van der Waals surface area contributed by atoms with Gasteiger partial charge in [0.25, 0.3) is 5.69 Å². The number of carbonyl (C=O) groups is 1. The molecule has 0 amide bonds. The second kappa shape index (κ2) is 10.1. The fourth-order valence-electron chi connectivity index (χ4n) is 3.95. The molecule has 182 valence electrons. The number of methoxy groups -OCH3 is 1. The highest BCUT2D eigenvalue weighted by molar-refractivity contribution is 5.95.